The fourth-order valence-electron chi connectivity index (χ4n) is 5.15. The van der Waals surface area contributed by atoms with Crippen molar-refractivity contribution in [2.45, 2.75) is 63.0 Å². The van der Waals surface area contributed by atoms with Crippen molar-refractivity contribution in [3.05, 3.63) is 54.1 Å². The fourth-order valence-corrected chi connectivity index (χ4v) is 6.11. The number of rotatable bonds is 8. The third-order valence-corrected chi connectivity index (χ3v) is 8.00. The minimum Gasteiger partial charge on any atom is -0.497 e. The summed E-state index contributed by atoms with van der Waals surface area (Å²) in [6.45, 7) is 0.216. The highest BCUT2D eigenvalue weighted by Crippen LogP contribution is 2.46. The largest absolute Gasteiger partial charge is 0.497 e. The lowest BCUT2D eigenvalue weighted by molar-refractivity contribution is -0.122. The molecule has 1 N–H and O–H groups in total. The van der Waals surface area contributed by atoms with Gasteiger partial charge in [0.15, 0.2) is 0 Å². The normalized spacial score (nSPS) is 19.1. The molecule has 0 saturated heterocycles. The lowest BCUT2D eigenvalue weighted by Crippen LogP contribution is -2.46. The highest BCUT2D eigenvalue weighted by Gasteiger charge is 2.42. The molecule has 0 radical (unpaired) electrons. The zero-order valence-corrected chi connectivity index (χ0v) is 20.8. The van der Waals surface area contributed by atoms with Gasteiger partial charge >= 0.3 is 0 Å². The van der Waals surface area contributed by atoms with Crippen molar-refractivity contribution in [2.24, 2.45) is 0 Å². The third kappa shape index (κ3) is 5.66. The molecule has 8 heteroatoms. The molecule has 0 aromatic heterocycles. The van der Waals surface area contributed by atoms with Crippen LogP contribution in [0.4, 0.5) is 5.69 Å². The summed E-state index contributed by atoms with van der Waals surface area (Å²) in [5, 5.41) is 3.21. The van der Waals surface area contributed by atoms with E-state index < -0.39 is 10.0 Å². The van der Waals surface area contributed by atoms with Crippen molar-refractivity contribution in [1.29, 1.82) is 0 Å². The number of ether oxygens (including phenoxy) is 2. The molecule has 7 nitrogen and oxygen atoms in total. The number of amides is 1. The van der Waals surface area contributed by atoms with E-state index in [-0.39, 0.29) is 30.5 Å². The monoisotopic (exact) mass is 486 g/mol. The standard InChI is InChI=1S/C26H34N2O5S/c1-32-21-11-8-10-20(18-21)28(34(2,30)31)17-9-14-25(29)27-23-19-26(15-6-3-7-16-26)33-24-13-5-4-12-22(23)24/h4-5,8,10-13,18,23H,3,6-7,9,14-17,19H2,1-2H3,(H,27,29). The minimum absolute atomic E-state index is 0.0771. The number of nitrogens with zero attached hydrogens (tertiary/aromatic N) is 1. The second-order valence-electron chi connectivity index (χ2n) is 9.35. The molecule has 1 unspecified atom stereocenters. The van der Waals surface area contributed by atoms with Crippen LogP contribution < -0.4 is 19.1 Å². The van der Waals surface area contributed by atoms with E-state index in [1.165, 1.54) is 17.0 Å². The van der Waals surface area contributed by atoms with Gasteiger partial charge in [-0.3, -0.25) is 9.10 Å². The number of carbonyl (C=O) groups is 1. The van der Waals surface area contributed by atoms with Crippen molar-refractivity contribution in [3.8, 4) is 11.5 Å². The average Bonchev–Trinajstić information content (AvgIpc) is 2.81. The molecular formula is C26H34N2O5S. The topological polar surface area (TPSA) is 84.9 Å². The first-order valence-electron chi connectivity index (χ1n) is 12.0. The number of para-hydroxylation sites is 1. The number of methoxy groups -OCH3 is 1. The summed E-state index contributed by atoms with van der Waals surface area (Å²) < 4.78 is 37.8. The predicted molar refractivity (Wildman–Crippen MR) is 133 cm³/mol. The van der Waals surface area contributed by atoms with Gasteiger partial charge in [0.2, 0.25) is 15.9 Å². The van der Waals surface area contributed by atoms with Crippen molar-refractivity contribution >= 4 is 21.6 Å². The number of benzene rings is 2. The summed E-state index contributed by atoms with van der Waals surface area (Å²) in [5.74, 6) is 1.37. The van der Waals surface area contributed by atoms with Crippen LogP contribution in [0.15, 0.2) is 48.5 Å². The van der Waals surface area contributed by atoms with E-state index in [1.807, 2.05) is 24.3 Å². The number of fused-ring (bicyclic) bond motifs is 1. The lowest BCUT2D eigenvalue weighted by Gasteiger charge is -2.44. The Hall–Kier alpha value is -2.74. The summed E-state index contributed by atoms with van der Waals surface area (Å²) in [5.41, 5.74) is 1.34. The summed E-state index contributed by atoms with van der Waals surface area (Å²) in [6.07, 6.45) is 8.14. The number of hydrogen-bond acceptors (Lipinski definition) is 5. The minimum atomic E-state index is -3.50. The van der Waals surface area contributed by atoms with E-state index in [0.29, 0.717) is 17.9 Å². The van der Waals surface area contributed by atoms with Crippen molar-refractivity contribution in [2.75, 3.05) is 24.2 Å². The van der Waals surface area contributed by atoms with Gasteiger partial charge in [0, 0.05) is 31.0 Å². The Balaban J connectivity index is 1.41. The smallest absolute Gasteiger partial charge is 0.232 e. The molecule has 0 bridgehead atoms. The quantitative estimate of drug-likeness (QED) is 0.590. The zero-order chi connectivity index (χ0) is 24.2. The molecular weight excluding hydrogens is 452 g/mol. The van der Waals surface area contributed by atoms with Crippen LogP contribution in [0.1, 0.15) is 63.0 Å². The maximum absolute atomic E-state index is 12.9. The highest BCUT2D eigenvalue weighted by molar-refractivity contribution is 7.92. The molecule has 4 rings (SSSR count). The van der Waals surface area contributed by atoms with Crippen LogP contribution in [0.5, 0.6) is 11.5 Å². The van der Waals surface area contributed by atoms with Crippen LogP contribution in [0.3, 0.4) is 0 Å². The molecule has 2 aromatic carbocycles. The molecule has 1 amide bonds. The van der Waals surface area contributed by atoms with Crippen LogP contribution in [-0.2, 0) is 14.8 Å². The van der Waals surface area contributed by atoms with Crippen LogP contribution >= 0.6 is 0 Å². The maximum atomic E-state index is 12.9. The van der Waals surface area contributed by atoms with Gasteiger partial charge in [-0.2, -0.15) is 0 Å². The van der Waals surface area contributed by atoms with Gasteiger partial charge in [0.1, 0.15) is 17.1 Å². The lowest BCUT2D eigenvalue weighted by atomic mass is 9.77. The van der Waals surface area contributed by atoms with Crippen LogP contribution in [-0.4, -0.2) is 39.8 Å². The number of anilines is 1. The van der Waals surface area contributed by atoms with Crippen molar-refractivity contribution < 1.29 is 22.7 Å². The summed E-state index contributed by atoms with van der Waals surface area (Å²) >= 11 is 0. The first kappa shape index (κ1) is 24.4. The van der Waals surface area contributed by atoms with E-state index in [0.717, 1.165) is 43.4 Å². The van der Waals surface area contributed by atoms with E-state index in [1.54, 1.807) is 31.4 Å². The number of hydrogen-bond donors (Lipinski definition) is 1. The van der Waals surface area contributed by atoms with Gasteiger partial charge in [0.05, 0.1) is 25.1 Å². The fraction of sp³-hybridized carbons (Fsp3) is 0.500. The Bertz CT molecular complexity index is 1110. The van der Waals surface area contributed by atoms with Gasteiger partial charge in [-0.25, -0.2) is 8.42 Å². The Labute approximate surface area is 202 Å². The second-order valence-corrected chi connectivity index (χ2v) is 11.3. The Morgan fingerprint density at radius 1 is 1.15 bits per heavy atom. The van der Waals surface area contributed by atoms with Crippen molar-refractivity contribution in [3.63, 3.8) is 0 Å². The predicted octanol–water partition coefficient (Wildman–Crippen LogP) is 4.58. The molecule has 184 valence electrons. The Morgan fingerprint density at radius 3 is 2.65 bits per heavy atom. The summed E-state index contributed by atoms with van der Waals surface area (Å²) in [6, 6.07) is 14.8. The van der Waals surface area contributed by atoms with Crippen LogP contribution in [0.25, 0.3) is 0 Å². The van der Waals surface area contributed by atoms with E-state index in [4.69, 9.17) is 9.47 Å². The molecule has 1 aliphatic carbocycles. The number of nitrogens with one attached hydrogen (secondary N) is 1. The zero-order valence-electron chi connectivity index (χ0n) is 20.0. The summed E-state index contributed by atoms with van der Waals surface area (Å²) in [4.78, 5) is 12.9. The van der Waals surface area contributed by atoms with Gasteiger partial charge in [-0.15, -0.1) is 0 Å². The molecule has 34 heavy (non-hydrogen) atoms. The van der Waals surface area contributed by atoms with Gasteiger partial charge < -0.3 is 14.8 Å². The van der Waals surface area contributed by atoms with Crippen LogP contribution in [0.2, 0.25) is 0 Å². The molecule has 2 aromatic rings. The van der Waals surface area contributed by atoms with E-state index in [2.05, 4.69) is 5.32 Å². The number of sulfonamides is 1. The SMILES string of the molecule is COc1cccc(N(CCCC(=O)NC2CC3(CCCCC3)Oc3ccccc32)S(C)(=O)=O)c1. The van der Waals surface area contributed by atoms with Gasteiger partial charge in [0.25, 0.3) is 0 Å². The molecule has 1 saturated carbocycles. The first-order valence-corrected chi connectivity index (χ1v) is 13.8. The van der Waals surface area contributed by atoms with Gasteiger partial charge in [-0.05, 0) is 50.3 Å². The second kappa shape index (κ2) is 10.3. The average molecular weight is 487 g/mol. The first-order chi connectivity index (χ1) is 16.3. The Kier molecular flexibility index (Phi) is 7.36. The van der Waals surface area contributed by atoms with Crippen LogP contribution in [0, 0.1) is 0 Å². The molecule has 1 fully saturated rings. The summed E-state index contributed by atoms with van der Waals surface area (Å²) in [7, 11) is -1.96. The van der Waals surface area contributed by atoms with Crippen molar-refractivity contribution in [1.82, 2.24) is 5.32 Å². The maximum Gasteiger partial charge on any atom is 0.232 e. The van der Waals surface area contributed by atoms with Gasteiger partial charge in [-0.1, -0.05) is 30.7 Å². The molecule has 2 aliphatic rings. The molecule has 1 spiro atoms. The third-order valence-electron chi connectivity index (χ3n) is 6.80. The Morgan fingerprint density at radius 2 is 1.91 bits per heavy atom. The molecule has 1 aliphatic heterocycles. The van der Waals surface area contributed by atoms with E-state index >= 15 is 0 Å². The van der Waals surface area contributed by atoms with E-state index in [9.17, 15) is 13.2 Å². The molecule has 1 heterocycles. The molecule has 1 atom stereocenters. The number of carbonyl (C=O) groups excluding carboxylic acids is 1. The highest BCUT2D eigenvalue weighted by atomic mass is 32.2.